The molecule has 740 valence electrons. The number of hydrogen-bond donors (Lipinski definition) is 29. The molecule has 11 aliphatic heterocycles. The second kappa shape index (κ2) is 45.4. The van der Waals surface area contributed by atoms with Gasteiger partial charge in [0.05, 0.1) is 90.2 Å². The first-order chi connectivity index (χ1) is 60.1. The topological polar surface area (TPSA) is 868 Å². The molecule has 20 unspecified atom stereocenters. The molecule has 0 aliphatic carbocycles. The van der Waals surface area contributed by atoms with Gasteiger partial charge in [-0.3, -0.25) is 24.0 Å². The number of nitrogens with one attached hydrogen (secondary N) is 4. The Hall–Kier alpha value is -4.49. The number of aliphatic hydroxyl groups excluding tert-OH is 25. The lowest BCUT2D eigenvalue weighted by Crippen LogP contribution is -2.71. The first-order valence-corrected chi connectivity index (χ1v) is 40.9. The summed E-state index contributed by atoms with van der Waals surface area (Å²) in [5, 5.41) is 292. The SMILES string of the molecule is CC(=O)NC1C(O)[C@H](O[C@@H]2OC(CO[C@]3(OC=O)C[C@@H](O)[C@@H](C)C([C@@H](O)[C@H](O)CO)O3)[C@H](O)[C@H](O)C2O)[C@H](CO)O[C@H]1OC1[C@@H](OCC2O[C@@H](O[C@@H]3C(CO)O[C@@H](O[C@@H]4C(CO)O[C@@H](C)C(NC(C)=O)[C@H]4O)C(NC(C)=O)[C@H]3O)C(O)[C@@H](O[C@H]3OC(CO)[C@@H](O)C(O)C3O[C@@H]3OC(CO)[C@@H](O[C@@H]4OC5O[C@@H]5[C@H](O)C4O)[C@H](O)C3NC(C)=O)[C@@H]2O)OC(CO)[C@@H](O)[C@@H]1O.O. The molecule has 0 aromatic rings. The molecule has 11 aliphatic rings. The van der Waals surface area contributed by atoms with E-state index in [-0.39, 0.29) is 11.9 Å². The molecule has 0 aromatic heterocycles. The van der Waals surface area contributed by atoms with Gasteiger partial charge in [-0.2, -0.15) is 0 Å². The van der Waals surface area contributed by atoms with Crippen LogP contribution in [0.1, 0.15) is 48.0 Å². The molecule has 128 heavy (non-hydrogen) atoms. The first kappa shape index (κ1) is 106. The van der Waals surface area contributed by atoms with Crippen LogP contribution in [-0.4, -0.2) is 529 Å². The smallest absolute Gasteiger partial charge is 0.332 e. The number of fused-ring (bicyclic) bond motifs is 1. The Balaban J connectivity index is 0.0000171. The fourth-order valence-corrected chi connectivity index (χ4v) is 16.9. The molecule has 11 rings (SSSR count). The van der Waals surface area contributed by atoms with Crippen LogP contribution in [0, 0.1) is 5.92 Å². The highest BCUT2D eigenvalue weighted by Gasteiger charge is 2.64. The van der Waals surface area contributed by atoms with Crippen molar-refractivity contribution in [2.24, 2.45) is 5.92 Å². The number of rotatable bonds is 35. The highest BCUT2D eigenvalue weighted by molar-refractivity contribution is 5.74. The fraction of sp³-hybridized carbons (Fsp3) is 0.931. The first-order valence-electron chi connectivity index (χ1n) is 40.9. The fourth-order valence-electron chi connectivity index (χ4n) is 16.9. The van der Waals surface area contributed by atoms with Crippen molar-refractivity contribution in [1.29, 1.82) is 0 Å². The van der Waals surface area contributed by atoms with Gasteiger partial charge in [0.15, 0.2) is 56.6 Å². The molecule has 11 fully saturated rings. The van der Waals surface area contributed by atoms with Crippen LogP contribution >= 0.6 is 0 Å². The summed E-state index contributed by atoms with van der Waals surface area (Å²) in [4.78, 5) is 63.4. The normalized spacial score (nSPS) is 48.5. The lowest BCUT2D eigenvalue weighted by Gasteiger charge is -2.51. The number of carbonyl (C=O) groups is 5. The number of carbonyl (C=O) groups excluding carboxylic acids is 5. The predicted molar refractivity (Wildman–Crippen MR) is 395 cm³/mol. The Bertz CT molecular complexity index is 3520. The van der Waals surface area contributed by atoms with E-state index in [0.29, 0.717) is 0 Å². The van der Waals surface area contributed by atoms with Crippen molar-refractivity contribution in [3.05, 3.63) is 0 Å². The average molecular weight is 1870 g/mol. The number of amides is 4. The van der Waals surface area contributed by atoms with Gasteiger partial charge < -0.3 is 254 Å². The van der Waals surface area contributed by atoms with Gasteiger partial charge in [0.2, 0.25) is 23.6 Å². The summed E-state index contributed by atoms with van der Waals surface area (Å²) in [5.74, 6) is -7.15. The van der Waals surface area contributed by atoms with Gasteiger partial charge in [-0.15, -0.1) is 0 Å². The van der Waals surface area contributed by atoms with Crippen LogP contribution in [0.4, 0.5) is 0 Å². The lowest BCUT2D eigenvalue weighted by atomic mass is 9.87. The van der Waals surface area contributed by atoms with Gasteiger partial charge in [-0.05, 0) is 6.92 Å². The highest BCUT2D eigenvalue weighted by atomic mass is 16.9. The van der Waals surface area contributed by atoms with Crippen LogP contribution in [0.3, 0.4) is 0 Å². The Labute approximate surface area is 725 Å². The van der Waals surface area contributed by atoms with Crippen LogP contribution in [0.15, 0.2) is 0 Å². The summed E-state index contributed by atoms with van der Waals surface area (Å²) in [6, 6.07) is -7.01. The van der Waals surface area contributed by atoms with Gasteiger partial charge in [0.1, 0.15) is 220 Å². The van der Waals surface area contributed by atoms with Crippen molar-refractivity contribution in [1.82, 2.24) is 21.3 Å². The third-order valence-electron chi connectivity index (χ3n) is 23.8. The van der Waals surface area contributed by atoms with Crippen LogP contribution in [-0.2, 0) is 123 Å². The van der Waals surface area contributed by atoms with E-state index in [1.165, 1.54) is 13.8 Å². The third kappa shape index (κ3) is 23.1. The molecule has 0 saturated carbocycles. The van der Waals surface area contributed by atoms with Crippen LogP contribution in [0.25, 0.3) is 0 Å². The van der Waals surface area contributed by atoms with Crippen molar-refractivity contribution in [2.45, 2.75) is 354 Å². The molecule has 56 nitrogen and oxygen atoms in total. The maximum absolute atomic E-state index is 13.2. The quantitative estimate of drug-likeness (QED) is 0.0159. The largest absolute Gasteiger partial charge is 0.412 e. The Morgan fingerprint density at radius 2 is 0.734 bits per heavy atom. The van der Waals surface area contributed by atoms with Crippen molar-refractivity contribution in [3.8, 4) is 0 Å². The van der Waals surface area contributed by atoms with Crippen molar-refractivity contribution in [2.75, 3.05) is 59.5 Å². The van der Waals surface area contributed by atoms with Crippen molar-refractivity contribution >= 4 is 30.1 Å². The zero-order valence-corrected chi connectivity index (χ0v) is 69.3. The third-order valence-corrected chi connectivity index (χ3v) is 23.8. The lowest BCUT2D eigenvalue weighted by molar-refractivity contribution is -0.424. The molecule has 56 heteroatoms. The van der Waals surface area contributed by atoms with E-state index in [1.54, 1.807) is 0 Å². The minimum atomic E-state index is -2.66. The Morgan fingerprint density at radius 3 is 1.18 bits per heavy atom. The molecule has 51 atom stereocenters. The molecular weight excluding hydrogens is 1750 g/mol. The zero-order valence-electron chi connectivity index (χ0n) is 69.3. The number of hydrogen-bond acceptors (Lipinski definition) is 51. The standard InChI is InChI=1S/C72H118N4O51.H2O/c1-18-24(89)7-72(109-17-84,127-54(18)38(91)25(90)8-77)108-16-33-41(94)47(100)51(104)66(117-33)119-56-29(12-81)114-64(36(45(56)98)75-22(5)87)123-60-48(101)39(92)26(9-78)111-69(60)107-15-32-42(95)59(53(106)68(116-32)121-58-31(14-83)113-63(35(44(58)97)74-21(4)86)118-55-28(11-80)110-19(2)34(43(55)96)73-20(3)85)122-70-61(49(102)40(93)27(10-79)112-70)124-65-37(76-23(6)88)46(99)57(30(13-82)115-65)120-67-52(105)50(103)62-71(125-62)126-67;/h17-19,24-71,77-83,89-106H,7-16H2,1-6H3,(H,73,85)(H,74,86)(H,75,87)(H,76,88);1H2/t18-,19+,24-,25-,26?,27?,28?,29+,30?,31?,32?,33?,34?,35?,36?,37?,38+,39-,40-,41+,42-,43-,44-,45?,46-,47+,48+,49?,50-,51?,52?,53?,54?,55-,56-,57-,58-,59+,60?,61?,62-,63+,64+,65+,66+,67-,68+,69+,70-,71?,72+;/m1./s1. The van der Waals surface area contributed by atoms with Crippen LogP contribution in [0.2, 0.25) is 0 Å². The van der Waals surface area contributed by atoms with Crippen LogP contribution in [0.5, 0.6) is 0 Å². The zero-order chi connectivity index (χ0) is 93.1. The van der Waals surface area contributed by atoms with E-state index in [4.69, 9.17) is 99.5 Å². The molecule has 11 saturated heterocycles. The summed E-state index contributed by atoms with van der Waals surface area (Å²) in [6.45, 7) is -3.30. The predicted octanol–water partition coefficient (Wildman–Crippen LogP) is -20.5. The van der Waals surface area contributed by atoms with E-state index < -0.39 is 402 Å². The van der Waals surface area contributed by atoms with Gasteiger partial charge in [-0.25, -0.2) is 0 Å². The maximum Gasteiger partial charge on any atom is 0.332 e. The van der Waals surface area contributed by atoms with Crippen molar-refractivity contribution < 1.29 is 257 Å². The molecule has 31 N–H and O–H groups in total. The molecule has 0 spiro atoms. The summed E-state index contributed by atoms with van der Waals surface area (Å²) >= 11 is 0. The maximum atomic E-state index is 13.2. The van der Waals surface area contributed by atoms with E-state index in [0.717, 1.165) is 27.7 Å². The van der Waals surface area contributed by atoms with Gasteiger partial charge >= 0.3 is 5.97 Å². The van der Waals surface area contributed by atoms with E-state index in [1.807, 2.05) is 0 Å². The van der Waals surface area contributed by atoms with E-state index >= 15 is 0 Å². The molecule has 11 heterocycles. The van der Waals surface area contributed by atoms with E-state index in [9.17, 15) is 152 Å². The number of epoxide rings is 1. The molecular formula is C72H120N4O52. The minimum Gasteiger partial charge on any atom is -0.412 e. The second-order valence-corrected chi connectivity index (χ2v) is 32.7. The summed E-state index contributed by atoms with van der Waals surface area (Å²) in [5.41, 5.74) is 0. The average Bonchev–Trinajstić information content (AvgIpc) is 1.74. The van der Waals surface area contributed by atoms with Crippen molar-refractivity contribution in [3.63, 3.8) is 0 Å². The molecule has 4 amide bonds. The highest BCUT2D eigenvalue weighted by Crippen LogP contribution is 2.44. The molecule has 0 bridgehead atoms. The number of aliphatic hydroxyl groups is 25. The monoisotopic (exact) mass is 1870 g/mol. The van der Waals surface area contributed by atoms with E-state index in [2.05, 4.69) is 21.3 Å². The number of ether oxygens (including phenoxy) is 21. The Kier molecular flexibility index (Phi) is 37.5. The van der Waals surface area contributed by atoms with Gasteiger partial charge in [-0.1, -0.05) is 6.92 Å². The van der Waals surface area contributed by atoms with Gasteiger partial charge in [0, 0.05) is 33.6 Å². The second-order valence-electron chi connectivity index (χ2n) is 32.7. The summed E-state index contributed by atoms with van der Waals surface area (Å²) < 4.78 is 124. The van der Waals surface area contributed by atoms with Crippen LogP contribution < -0.4 is 21.3 Å². The molecule has 0 aromatic carbocycles. The molecule has 0 radical (unpaired) electrons. The van der Waals surface area contributed by atoms with Gasteiger partial charge in [0.25, 0.3) is 6.47 Å². The summed E-state index contributed by atoms with van der Waals surface area (Å²) in [7, 11) is 0. The minimum absolute atomic E-state index is 0. The Morgan fingerprint density at radius 1 is 0.375 bits per heavy atom. The summed E-state index contributed by atoms with van der Waals surface area (Å²) in [6.07, 6.45) is -90.4.